The highest BCUT2D eigenvalue weighted by molar-refractivity contribution is 5.94. The number of nitrogens with two attached hydrogens (primary N) is 1. The molecule has 1 fully saturated rings. The quantitative estimate of drug-likeness (QED) is 0.190. The van der Waals surface area contributed by atoms with Gasteiger partial charge < -0.3 is 32.1 Å². The molecule has 3 amide bonds. The highest BCUT2D eigenvalue weighted by Gasteiger charge is 2.33. The monoisotopic (exact) mass is 469 g/mol. The van der Waals surface area contributed by atoms with E-state index in [1.54, 1.807) is 0 Å². The van der Waals surface area contributed by atoms with Crippen LogP contribution in [0.5, 0.6) is 0 Å². The second-order valence-corrected chi connectivity index (χ2v) is 9.40. The lowest BCUT2D eigenvalue weighted by Crippen LogP contribution is -2.58. The smallest absolute Gasteiger partial charge is 0.326 e. The maximum atomic E-state index is 13.1. The predicted octanol–water partition coefficient (Wildman–Crippen LogP) is 0.499. The third kappa shape index (κ3) is 10.1. The molecule has 1 heterocycles. The lowest BCUT2D eigenvalue weighted by molar-refractivity contribution is -0.143. The van der Waals surface area contributed by atoms with E-state index in [1.165, 1.54) is 0 Å². The molecule has 1 rings (SSSR count). The van der Waals surface area contributed by atoms with E-state index in [0.29, 0.717) is 32.2 Å². The maximum Gasteiger partial charge on any atom is 0.326 e. The molecule has 33 heavy (non-hydrogen) atoms. The van der Waals surface area contributed by atoms with Gasteiger partial charge in [-0.3, -0.25) is 14.4 Å². The van der Waals surface area contributed by atoms with E-state index in [2.05, 4.69) is 21.3 Å². The Hall–Kier alpha value is -2.20. The van der Waals surface area contributed by atoms with Crippen LogP contribution < -0.4 is 27.0 Å². The minimum absolute atomic E-state index is 0.146. The molecule has 0 radical (unpaired) electrons. The van der Waals surface area contributed by atoms with Gasteiger partial charge in [0.15, 0.2) is 0 Å². The minimum Gasteiger partial charge on any atom is -0.480 e. The molecule has 1 saturated heterocycles. The van der Waals surface area contributed by atoms with E-state index in [1.807, 2.05) is 27.7 Å². The number of unbranched alkanes of at least 4 members (excludes halogenated alkanes) is 1. The van der Waals surface area contributed by atoms with Crippen LogP contribution in [-0.2, 0) is 19.2 Å². The first-order valence-electron chi connectivity index (χ1n) is 12.2. The number of carbonyl (C=O) groups excluding carboxylic acids is 3. The van der Waals surface area contributed by atoms with E-state index in [0.717, 1.165) is 19.4 Å². The highest BCUT2D eigenvalue weighted by Crippen LogP contribution is 2.13. The molecule has 0 aliphatic carbocycles. The van der Waals surface area contributed by atoms with Crippen molar-refractivity contribution in [2.75, 3.05) is 13.1 Å². The van der Waals surface area contributed by atoms with Crippen molar-refractivity contribution < 1.29 is 24.3 Å². The zero-order chi connectivity index (χ0) is 25.0. The van der Waals surface area contributed by atoms with Crippen molar-refractivity contribution in [1.29, 1.82) is 0 Å². The summed E-state index contributed by atoms with van der Waals surface area (Å²) in [6.07, 6.45) is 4.17. The van der Waals surface area contributed by atoms with Crippen molar-refractivity contribution >= 4 is 23.7 Å². The molecular formula is C23H43N5O5. The van der Waals surface area contributed by atoms with Crippen molar-refractivity contribution in [2.45, 2.75) is 96.8 Å². The van der Waals surface area contributed by atoms with Crippen LogP contribution in [0.4, 0.5) is 0 Å². The summed E-state index contributed by atoms with van der Waals surface area (Å²) >= 11 is 0. The van der Waals surface area contributed by atoms with E-state index in [-0.39, 0.29) is 30.2 Å². The van der Waals surface area contributed by atoms with E-state index in [4.69, 9.17) is 5.73 Å². The van der Waals surface area contributed by atoms with Gasteiger partial charge in [0.05, 0.1) is 6.04 Å². The molecule has 1 aliphatic heterocycles. The van der Waals surface area contributed by atoms with E-state index >= 15 is 0 Å². The minimum atomic E-state index is -1.12. The summed E-state index contributed by atoms with van der Waals surface area (Å²) < 4.78 is 0. The molecule has 0 spiro atoms. The topological polar surface area (TPSA) is 163 Å². The number of carboxylic acid groups (broad SMARTS) is 1. The first-order chi connectivity index (χ1) is 15.6. The lowest BCUT2D eigenvalue weighted by Gasteiger charge is -2.28. The molecule has 0 bridgehead atoms. The Morgan fingerprint density at radius 2 is 1.73 bits per heavy atom. The van der Waals surface area contributed by atoms with Gasteiger partial charge in [0.1, 0.15) is 18.1 Å². The van der Waals surface area contributed by atoms with E-state index < -0.39 is 35.9 Å². The zero-order valence-corrected chi connectivity index (χ0v) is 20.5. The third-order valence-electron chi connectivity index (χ3n) is 6.07. The second kappa shape index (κ2) is 14.8. The Morgan fingerprint density at radius 3 is 2.24 bits per heavy atom. The van der Waals surface area contributed by atoms with Crippen LogP contribution in [-0.4, -0.2) is 66.1 Å². The van der Waals surface area contributed by atoms with Gasteiger partial charge in [-0.1, -0.05) is 34.1 Å². The average molecular weight is 470 g/mol. The Morgan fingerprint density at radius 1 is 1.03 bits per heavy atom. The van der Waals surface area contributed by atoms with Crippen molar-refractivity contribution in [3.63, 3.8) is 0 Å². The molecule has 0 saturated carbocycles. The number of rotatable bonds is 15. The average Bonchev–Trinajstić information content (AvgIpc) is 3.30. The van der Waals surface area contributed by atoms with Gasteiger partial charge in [0.2, 0.25) is 17.7 Å². The van der Waals surface area contributed by atoms with Crippen LogP contribution in [0.15, 0.2) is 0 Å². The van der Waals surface area contributed by atoms with Crippen molar-refractivity contribution in [2.24, 2.45) is 17.6 Å². The number of hydrogen-bond acceptors (Lipinski definition) is 6. The van der Waals surface area contributed by atoms with Crippen LogP contribution in [0.3, 0.4) is 0 Å². The molecule has 7 N–H and O–H groups in total. The fourth-order valence-electron chi connectivity index (χ4n) is 3.85. The van der Waals surface area contributed by atoms with Crippen LogP contribution in [0, 0.1) is 11.8 Å². The second-order valence-electron chi connectivity index (χ2n) is 9.40. The third-order valence-corrected chi connectivity index (χ3v) is 6.07. The van der Waals surface area contributed by atoms with Gasteiger partial charge in [-0.2, -0.15) is 0 Å². The highest BCUT2D eigenvalue weighted by atomic mass is 16.4. The standard InChI is InChI=1S/C23H43N5O5/c1-5-15(4)19(22(31)26-17(23(32)33)9-6-7-11-24)28-21(30)18(13-14(2)3)27-20(29)16-10-8-12-25-16/h14-19,25H,5-13,24H2,1-4H3,(H,26,31)(H,27,29)(H,28,30)(H,32,33). The normalized spacial score (nSPS) is 19.4. The Bertz CT molecular complexity index is 651. The van der Waals surface area contributed by atoms with Crippen LogP contribution in [0.2, 0.25) is 0 Å². The SMILES string of the molecule is CCC(C)C(NC(=O)C(CC(C)C)NC(=O)C1CCCN1)C(=O)NC(CCCCN)C(=O)O. The number of aliphatic carboxylic acids is 1. The van der Waals surface area contributed by atoms with Crippen molar-refractivity contribution in [3.8, 4) is 0 Å². The van der Waals surface area contributed by atoms with Gasteiger partial charge in [0, 0.05) is 0 Å². The molecule has 0 aromatic carbocycles. The fourth-order valence-corrected chi connectivity index (χ4v) is 3.85. The molecule has 5 atom stereocenters. The summed E-state index contributed by atoms with van der Waals surface area (Å²) in [5, 5.41) is 20.8. The van der Waals surface area contributed by atoms with E-state index in [9.17, 15) is 24.3 Å². The molecule has 0 aromatic rings. The van der Waals surface area contributed by atoms with Gasteiger partial charge >= 0.3 is 5.97 Å². The molecule has 5 unspecified atom stereocenters. The molecule has 10 heteroatoms. The van der Waals surface area contributed by atoms with Crippen LogP contribution >= 0.6 is 0 Å². The number of amides is 3. The fraction of sp³-hybridized carbons (Fsp3) is 0.826. The molecular weight excluding hydrogens is 426 g/mol. The van der Waals surface area contributed by atoms with Crippen molar-refractivity contribution in [3.05, 3.63) is 0 Å². The molecule has 10 nitrogen and oxygen atoms in total. The van der Waals surface area contributed by atoms with Gasteiger partial charge in [-0.05, 0) is 63.5 Å². The first-order valence-corrected chi connectivity index (χ1v) is 12.2. The Labute approximate surface area is 197 Å². The largest absolute Gasteiger partial charge is 0.480 e. The van der Waals surface area contributed by atoms with Crippen LogP contribution in [0.25, 0.3) is 0 Å². The number of hydrogen-bond donors (Lipinski definition) is 6. The van der Waals surface area contributed by atoms with Gasteiger partial charge in [-0.25, -0.2) is 4.79 Å². The summed E-state index contributed by atoms with van der Waals surface area (Å²) in [6, 6.07) is -3.05. The first kappa shape index (κ1) is 28.8. The predicted molar refractivity (Wildman–Crippen MR) is 126 cm³/mol. The molecule has 1 aliphatic rings. The molecule has 190 valence electrons. The Kier molecular flexibility index (Phi) is 13.0. The summed E-state index contributed by atoms with van der Waals surface area (Å²) in [6.45, 7) is 8.85. The maximum absolute atomic E-state index is 13.1. The van der Waals surface area contributed by atoms with Crippen molar-refractivity contribution in [1.82, 2.24) is 21.3 Å². The van der Waals surface area contributed by atoms with Crippen LogP contribution in [0.1, 0.15) is 72.6 Å². The van der Waals surface area contributed by atoms with Gasteiger partial charge in [-0.15, -0.1) is 0 Å². The molecule has 0 aromatic heterocycles. The van der Waals surface area contributed by atoms with Gasteiger partial charge in [0.25, 0.3) is 0 Å². The number of nitrogens with one attached hydrogen (secondary N) is 4. The Balaban J connectivity index is 2.90. The number of carbonyl (C=O) groups is 4. The lowest BCUT2D eigenvalue weighted by atomic mass is 9.96. The summed E-state index contributed by atoms with van der Waals surface area (Å²) in [4.78, 5) is 50.3. The summed E-state index contributed by atoms with van der Waals surface area (Å²) in [5.74, 6) is -2.39. The number of carboxylic acids is 1. The summed E-state index contributed by atoms with van der Waals surface area (Å²) in [7, 11) is 0. The zero-order valence-electron chi connectivity index (χ0n) is 20.5. The summed E-state index contributed by atoms with van der Waals surface area (Å²) in [5.41, 5.74) is 5.47.